The molecule has 1 atom stereocenters. The molecule has 2 aromatic rings. The van der Waals surface area contributed by atoms with E-state index in [9.17, 15) is 5.26 Å². The lowest BCUT2D eigenvalue weighted by atomic mass is 10.0. The Hall–Kier alpha value is -1.63. The summed E-state index contributed by atoms with van der Waals surface area (Å²) in [5.74, 6) is 0. The smallest absolute Gasteiger partial charge is 0.123 e. The van der Waals surface area contributed by atoms with Crippen LogP contribution < -0.4 is 5.32 Å². The summed E-state index contributed by atoms with van der Waals surface area (Å²) in [5.41, 5.74) is 1.67. The van der Waals surface area contributed by atoms with E-state index in [1.54, 1.807) is 6.20 Å². The zero-order valence-corrected chi connectivity index (χ0v) is 10.9. The number of rotatable bonds is 4. The highest BCUT2D eigenvalue weighted by Gasteiger charge is 2.14. The Balaban J connectivity index is 2.50. The molecule has 0 aliphatic carbocycles. The van der Waals surface area contributed by atoms with Gasteiger partial charge in [-0.05, 0) is 31.2 Å². The number of halogens is 1. The van der Waals surface area contributed by atoms with Crippen molar-refractivity contribution in [1.29, 1.82) is 5.26 Å². The molecule has 0 spiro atoms. The molecule has 0 saturated carbocycles. The van der Waals surface area contributed by atoms with E-state index in [0.717, 1.165) is 29.4 Å². The summed E-state index contributed by atoms with van der Waals surface area (Å²) in [6.45, 7) is 2.87. The lowest BCUT2D eigenvalue weighted by molar-refractivity contribution is 0.623. The SMILES string of the molecule is CCCNC(C#N)c1ccc(Cl)c2cccnc12. The fourth-order valence-electron chi connectivity index (χ4n) is 1.91. The first-order valence-electron chi connectivity index (χ1n) is 5.94. The van der Waals surface area contributed by atoms with Crippen LogP contribution in [0.15, 0.2) is 30.5 Å². The van der Waals surface area contributed by atoms with Crippen LogP contribution in [0.5, 0.6) is 0 Å². The van der Waals surface area contributed by atoms with Crippen LogP contribution in [-0.4, -0.2) is 11.5 Å². The van der Waals surface area contributed by atoms with E-state index < -0.39 is 0 Å². The van der Waals surface area contributed by atoms with Gasteiger partial charge in [0.2, 0.25) is 0 Å². The Morgan fingerprint density at radius 2 is 2.28 bits per heavy atom. The van der Waals surface area contributed by atoms with E-state index >= 15 is 0 Å². The summed E-state index contributed by atoms with van der Waals surface area (Å²) >= 11 is 6.14. The molecule has 1 aromatic heterocycles. The maximum atomic E-state index is 9.26. The third kappa shape index (κ3) is 2.45. The summed E-state index contributed by atoms with van der Waals surface area (Å²) < 4.78 is 0. The number of fused-ring (bicyclic) bond motifs is 1. The van der Waals surface area contributed by atoms with Crippen LogP contribution in [0.25, 0.3) is 10.9 Å². The molecule has 3 nitrogen and oxygen atoms in total. The van der Waals surface area contributed by atoms with E-state index in [2.05, 4.69) is 23.3 Å². The van der Waals surface area contributed by atoms with Crippen molar-refractivity contribution in [2.45, 2.75) is 19.4 Å². The van der Waals surface area contributed by atoms with Gasteiger partial charge >= 0.3 is 0 Å². The third-order valence-electron chi connectivity index (χ3n) is 2.79. The van der Waals surface area contributed by atoms with Crippen LogP contribution in [0.1, 0.15) is 24.9 Å². The molecule has 1 unspecified atom stereocenters. The maximum Gasteiger partial charge on any atom is 0.123 e. The lowest BCUT2D eigenvalue weighted by Gasteiger charge is -2.13. The van der Waals surface area contributed by atoms with Gasteiger partial charge in [0.1, 0.15) is 6.04 Å². The van der Waals surface area contributed by atoms with Crippen LogP contribution in [0.2, 0.25) is 5.02 Å². The lowest BCUT2D eigenvalue weighted by Crippen LogP contribution is -2.21. The van der Waals surface area contributed by atoms with Crippen LogP contribution in [0.4, 0.5) is 0 Å². The largest absolute Gasteiger partial charge is 0.298 e. The third-order valence-corrected chi connectivity index (χ3v) is 3.12. The molecule has 0 fully saturated rings. The summed E-state index contributed by atoms with van der Waals surface area (Å²) in [6, 6.07) is 9.38. The quantitative estimate of drug-likeness (QED) is 0.915. The van der Waals surface area contributed by atoms with E-state index in [1.807, 2.05) is 24.3 Å². The normalized spacial score (nSPS) is 12.3. The minimum Gasteiger partial charge on any atom is -0.298 e. The number of pyridine rings is 1. The van der Waals surface area contributed by atoms with Crippen molar-refractivity contribution in [2.24, 2.45) is 0 Å². The predicted molar refractivity (Wildman–Crippen MR) is 73.4 cm³/mol. The van der Waals surface area contributed by atoms with Crippen LogP contribution in [0.3, 0.4) is 0 Å². The Bertz CT molecular complexity index is 589. The minimum atomic E-state index is -0.348. The molecule has 18 heavy (non-hydrogen) atoms. The number of nitrogens with one attached hydrogen (secondary N) is 1. The van der Waals surface area contributed by atoms with Crippen molar-refractivity contribution >= 4 is 22.5 Å². The Kier molecular flexibility index (Phi) is 4.14. The predicted octanol–water partition coefficient (Wildman–Crippen LogP) is 3.45. The fourth-order valence-corrected chi connectivity index (χ4v) is 2.12. The molecule has 0 amide bonds. The van der Waals surface area contributed by atoms with Gasteiger partial charge < -0.3 is 0 Å². The van der Waals surface area contributed by atoms with Gasteiger partial charge in [0.15, 0.2) is 0 Å². The molecule has 92 valence electrons. The van der Waals surface area contributed by atoms with Crippen molar-refractivity contribution in [3.05, 3.63) is 41.0 Å². The molecular formula is C14H14ClN3. The van der Waals surface area contributed by atoms with Gasteiger partial charge in [-0.15, -0.1) is 0 Å². The second-order valence-electron chi connectivity index (χ2n) is 4.05. The van der Waals surface area contributed by atoms with E-state index in [1.165, 1.54) is 0 Å². The van der Waals surface area contributed by atoms with Gasteiger partial charge in [-0.3, -0.25) is 10.3 Å². The minimum absolute atomic E-state index is 0.348. The first-order valence-corrected chi connectivity index (χ1v) is 6.32. The Labute approximate surface area is 111 Å². The second kappa shape index (κ2) is 5.81. The number of hydrogen-bond acceptors (Lipinski definition) is 3. The van der Waals surface area contributed by atoms with Gasteiger partial charge in [-0.2, -0.15) is 5.26 Å². The van der Waals surface area contributed by atoms with Crippen LogP contribution in [0, 0.1) is 11.3 Å². The van der Waals surface area contributed by atoms with Gasteiger partial charge in [0.05, 0.1) is 11.6 Å². The van der Waals surface area contributed by atoms with Crippen molar-refractivity contribution in [3.8, 4) is 6.07 Å². The average molecular weight is 260 g/mol. The summed E-state index contributed by atoms with van der Waals surface area (Å²) in [5, 5.41) is 14.0. The van der Waals surface area contributed by atoms with Crippen molar-refractivity contribution in [3.63, 3.8) is 0 Å². The highest BCUT2D eigenvalue weighted by molar-refractivity contribution is 6.35. The van der Waals surface area contributed by atoms with Crippen LogP contribution in [-0.2, 0) is 0 Å². The van der Waals surface area contributed by atoms with Gasteiger partial charge in [0, 0.05) is 22.2 Å². The van der Waals surface area contributed by atoms with Crippen molar-refractivity contribution in [1.82, 2.24) is 10.3 Å². The number of hydrogen-bond donors (Lipinski definition) is 1. The standard InChI is InChI=1S/C14H14ClN3/c1-2-7-17-13(9-16)11-5-6-12(15)10-4-3-8-18-14(10)11/h3-6,8,13,17H,2,7H2,1H3. The Morgan fingerprint density at radius 3 is 3.00 bits per heavy atom. The van der Waals surface area contributed by atoms with E-state index in [-0.39, 0.29) is 6.04 Å². The summed E-state index contributed by atoms with van der Waals surface area (Å²) in [6.07, 6.45) is 2.70. The Morgan fingerprint density at radius 1 is 1.44 bits per heavy atom. The number of benzene rings is 1. The molecule has 0 aliphatic heterocycles. The molecule has 4 heteroatoms. The van der Waals surface area contributed by atoms with Crippen molar-refractivity contribution < 1.29 is 0 Å². The second-order valence-corrected chi connectivity index (χ2v) is 4.46. The molecule has 1 heterocycles. The number of nitrogens with zero attached hydrogens (tertiary/aromatic N) is 2. The van der Waals surface area contributed by atoms with Gasteiger partial charge in [-0.25, -0.2) is 0 Å². The summed E-state index contributed by atoms with van der Waals surface area (Å²) in [7, 11) is 0. The highest BCUT2D eigenvalue weighted by Crippen LogP contribution is 2.28. The molecule has 1 aromatic carbocycles. The monoisotopic (exact) mass is 259 g/mol. The van der Waals surface area contributed by atoms with Gasteiger partial charge in [-0.1, -0.05) is 24.6 Å². The maximum absolute atomic E-state index is 9.26. The molecule has 0 aliphatic rings. The zero-order valence-electron chi connectivity index (χ0n) is 10.2. The number of nitriles is 1. The van der Waals surface area contributed by atoms with Crippen LogP contribution >= 0.6 is 11.6 Å². The molecule has 0 saturated heterocycles. The molecule has 0 radical (unpaired) electrons. The zero-order chi connectivity index (χ0) is 13.0. The van der Waals surface area contributed by atoms with E-state index in [0.29, 0.717) is 5.02 Å². The highest BCUT2D eigenvalue weighted by atomic mass is 35.5. The van der Waals surface area contributed by atoms with Crippen molar-refractivity contribution in [2.75, 3.05) is 6.54 Å². The molecular weight excluding hydrogens is 246 g/mol. The first-order chi connectivity index (χ1) is 8.77. The average Bonchev–Trinajstić information content (AvgIpc) is 2.42. The molecule has 2 rings (SSSR count). The topological polar surface area (TPSA) is 48.7 Å². The molecule has 0 bridgehead atoms. The number of aromatic nitrogens is 1. The fraction of sp³-hybridized carbons (Fsp3) is 0.286. The first kappa shape index (κ1) is 12.8. The van der Waals surface area contributed by atoms with Gasteiger partial charge in [0.25, 0.3) is 0 Å². The molecule has 1 N–H and O–H groups in total. The van der Waals surface area contributed by atoms with E-state index in [4.69, 9.17) is 11.6 Å². The summed E-state index contributed by atoms with van der Waals surface area (Å²) in [4.78, 5) is 4.34.